The van der Waals surface area contributed by atoms with E-state index in [-0.39, 0.29) is 28.9 Å². The SMILES string of the molecule is COc1ccccc1/C=C(\NC(=O)c1ccc([N+](=O)[O-])cc1)C(=O)NC1CCCCC1. The molecular weight excluding hydrogens is 398 g/mol. The topological polar surface area (TPSA) is 111 Å². The lowest BCUT2D eigenvalue weighted by Gasteiger charge is -2.23. The van der Waals surface area contributed by atoms with Crippen molar-refractivity contribution in [1.82, 2.24) is 10.6 Å². The third kappa shape index (κ3) is 5.91. The molecule has 2 N–H and O–H groups in total. The number of hydrogen-bond acceptors (Lipinski definition) is 5. The Hall–Kier alpha value is -3.68. The third-order valence-corrected chi connectivity index (χ3v) is 5.21. The van der Waals surface area contributed by atoms with Gasteiger partial charge in [-0.25, -0.2) is 0 Å². The first kappa shape index (κ1) is 22.0. The van der Waals surface area contributed by atoms with Gasteiger partial charge in [0.2, 0.25) is 0 Å². The zero-order valence-electron chi connectivity index (χ0n) is 17.3. The zero-order chi connectivity index (χ0) is 22.2. The second kappa shape index (κ2) is 10.4. The maximum atomic E-state index is 13.0. The fourth-order valence-corrected chi connectivity index (χ4v) is 3.54. The van der Waals surface area contributed by atoms with Gasteiger partial charge in [0, 0.05) is 29.3 Å². The zero-order valence-corrected chi connectivity index (χ0v) is 17.3. The first-order valence-electron chi connectivity index (χ1n) is 10.2. The molecular formula is C23H25N3O5. The minimum atomic E-state index is -0.535. The number of nitro benzene ring substituents is 1. The van der Waals surface area contributed by atoms with Gasteiger partial charge in [0.05, 0.1) is 12.0 Å². The van der Waals surface area contributed by atoms with E-state index in [0.717, 1.165) is 32.1 Å². The van der Waals surface area contributed by atoms with Crippen LogP contribution < -0.4 is 15.4 Å². The van der Waals surface area contributed by atoms with Crippen LogP contribution in [0.4, 0.5) is 5.69 Å². The molecule has 0 radical (unpaired) electrons. The molecule has 0 heterocycles. The van der Waals surface area contributed by atoms with Crippen LogP contribution in [0.25, 0.3) is 6.08 Å². The van der Waals surface area contributed by atoms with Gasteiger partial charge in [0.25, 0.3) is 17.5 Å². The number of carbonyl (C=O) groups is 2. The molecule has 2 aromatic carbocycles. The van der Waals surface area contributed by atoms with Crippen LogP contribution in [0.3, 0.4) is 0 Å². The molecule has 8 heteroatoms. The second-order valence-electron chi connectivity index (χ2n) is 7.37. The Morgan fingerprint density at radius 3 is 2.39 bits per heavy atom. The first-order chi connectivity index (χ1) is 15.0. The summed E-state index contributed by atoms with van der Waals surface area (Å²) in [5, 5.41) is 16.5. The Morgan fingerprint density at radius 2 is 1.74 bits per heavy atom. The summed E-state index contributed by atoms with van der Waals surface area (Å²) in [5.41, 5.74) is 0.819. The minimum Gasteiger partial charge on any atom is -0.496 e. The molecule has 0 bridgehead atoms. The molecule has 0 saturated heterocycles. The van der Waals surface area contributed by atoms with Gasteiger partial charge < -0.3 is 15.4 Å². The highest BCUT2D eigenvalue weighted by atomic mass is 16.6. The van der Waals surface area contributed by atoms with Crippen LogP contribution in [0.1, 0.15) is 48.0 Å². The summed E-state index contributed by atoms with van der Waals surface area (Å²) in [6, 6.07) is 12.4. The number of benzene rings is 2. The molecule has 1 aliphatic carbocycles. The average molecular weight is 423 g/mol. The molecule has 0 aliphatic heterocycles. The largest absolute Gasteiger partial charge is 0.496 e. The van der Waals surface area contributed by atoms with E-state index in [4.69, 9.17) is 4.74 Å². The van der Waals surface area contributed by atoms with Gasteiger partial charge >= 0.3 is 0 Å². The van der Waals surface area contributed by atoms with E-state index in [2.05, 4.69) is 10.6 Å². The van der Waals surface area contributed by atoms with Crippen LogP contribution in [-0.4, -0.2) is 29.9 Å². The van der Waals surface area contributed by atoms with E-state index < -0.39 is 10.8 Å². The van der Waals surface area contributed by atoms with Gasteiger partial charge in [-0.1, -0.05) is 37.5 Å². The normalized spacial score (nSPS) is 14.5. The van der Waals surface area contributed by atoms with Crippen LogP contribution in [-0.2, 0) is 4.79 Å². The monoisotopic (exact) mass is 423 g/mol. The maximum Gasteiger partial charge on any atom is 0.269 e. The molecule has 2 amide bonds. The second-order valence-corrected chi connectivity index (χ2v) is 7.37. The van der Waals surface area contributed by atoms with Gasteiger partial charge in [-0.15, -0.1) is 0 Å². The Balaban J connectivity index is 1.85. The number of ether oxygens (including phenoxy) is 1. The number of rotatable bonds is 7. The molecule has 8 nitrogen and oxygen atoms in total. The van der Waals surface area contributed by atoms with Crippen LogP contribution in [0.5, 0.6) is 5.75 Å². The van der Waals surface area contributed by atoms with E-state index in [1.165, 1.54) is 31.4 Å². The standard InChI is InChI=1S/C23H25N3O5/c1-31-21-10-6-5-7-17(21)15-20(23(28)24-18-8-3-2-4-9-18)25-22(27)16-11-13-19(14-12-16)26(29)30/h5-7,10-15,18H,2-4,8-9H2,1H3,(H,24,28)(H,25,27)/b20-15-. The molecule has 1 saturated carbocycles. The van der Waals surface area contributed by atoms with Gasteiger partial charge in [-0.3, -0.25) is 19.7 Å². The number of nitrogens with one attached hydrogen (secondary N) is 2. The fourth-order valence-electron chi connectivity index (χ4n) is 3.54. The van der Waals surface area contributed by atoms with Crippen LogP contribution >= 0.6 is 0 Å². The van der Waals surface area contributed by atoms with Crippen LogP contribution in [0, 0.1) is 10.1 Å². The predicted octanol–water partition coefficient (Wildman–Crippen LogP) is 3.82. The fraction of sp³-hybridized carbons (Fsp3) is 0.304. The van der Waals surface area contributed by atoms with Crippen molar-refractivity contribution in [2.45, 2.75) is 38.1 Å². The Bertz CT molecular complexity index is 979. The molecule has 3 rings (SSSR count). The molecule has 1 aliphatic rings. The summed E-state index contributed by atoms with van der Waals surface area (Å²) in [4.78, 5) is 36.0. The van der Waals surface area contributed by atoms with Crippen molar-refractivity contribution in [3.05, 3.63) is 75.5 Å². The number of methoxy groups -OCH3 is 1. The highest BCUT2D eigenvalue weighted by molar-refractivity contribution is 6.05. The average Bonchev–Trinajstić information content (AvgIpc) is 2.79. The number of nitro groups is 1. The number of amides is 2. The van der Waals surface area contributed by atoms with Crippen molar-refractivity contribution in [1.29, 1.82) is 0 Å². The third-order valence-electron chi connectivity index (χ3n) is 5.21. The van der Waals surface area contributed by atoms with E-state index in [9.17, 15) is 19.7 Å². The van der Waals surface area contributed by atoms with E-state index in [0.29, 0.717) is 11.3 Å². The van der Waals surface area contributed by atoms with Crippen molar-refractivity contribution in [2.75, 3.05) is 7.11 Å². The van der Waals surface area contributed by atoms with Gasteiger partial charge in [-0.05, 0) is 37.1 Å². The highest BCUT2D eigenvalue weighted by Gasteiger charge is 2.21. The summed E-state index contributed by atoms with van der Waals surface area (Å²) in [6.45, 7) is 0. The van der Waals surface area contributed by atoms with Crippen molar-refractivity contribution in [2.24, 2.45) is 0 Å². The summed E-state index contributed by atoms with van der Waals surface area (Å²) < 4.78 is 5.35. The quantitative estimate of drug-likeness (QED) is 0.400. The number of nitrogens with zero attached hydrogens (tertiary/aromatic N) is 1. The van der Waals surface area contributed by atoms with Crippen molar-refractivity contribution < 1.29 is 19.2 Å². The van der Waals surface area contributed by atoms with E-state index in [1.54, 1.807) is 18.2 Å². The molecule has 0 spiro atoms. The maximum absolute atomic E-state index is 13.0. The molecule has 0 aromatic heterocycles. The molecule has 0 unspecified atom stereocenters. The van der Waals surface area contributed by atoms with Crippen molar-refractivity contribution in [3.63, 3.8) is 0 Å². The van der Waals surface area contributed by atoms with E-state index in [1.807, 2.05) is 12.1 Å². The lowest BCUT2D eigenvalue weighted by molar-refractivity contribution is -0.384. The molecule has 0 atom stereocenters. The van der Waals surface area contributed by atoms with E-state index >= 15 is 0 Å². The molecule has 162 valence electrons. The smallest absolute Gasteiger partial charge is 0.269 e. The van der Waals surface area contributed by atoms with Gasteiger partial charge in [-0.2, -0.15) is 0 Å². The minimum absolute atomic E-state index is 0.0681. The predicted molar refractivity (Wildman–Crippen MR) is 117 cm³/mol. The number of carbonyl (C=O) groups excluding carboxylic acids is 2. The van der Waals surface area contributed by atoms with Crippen LogP contribution in [0.15, 0.2) is 54.2 Å². The van der Waals surface area contributed by atoms with Crippen molar-refractivity contribution >= 4 is 23.6 Å². The summed E-state index contributed by atoms with van der Waals surface area (Å²) in [6.07, 6.45) is 6.67. The first-order valence-corrected chi connectivity index (χ1v) is 10.2. The lowest BCUT2D eigenvalue weighted by atomic mass is 9.95. The summed E-state index contributed by atoms with van der Waals surface area (Å²) in [5.74, 6) is -0.349. The summed E-state index contributed by atoms with van der Waals surface area (Å²) >= 11 is 0. The Kier molecular flexibility index (Phi) is 7.37. The Labute approximate surface area is 180 Å². The lowest BCUT2D eigenvalue weighted by Crippen LogP contribution is -2.41. The molecule has 31 heavy (non-hydrogen) atoms. The molecule has 2 aromatic rings. The Morgan fingerprint density at radius 1 is 1.06 bits per heavy atom. The number of para-hydroxylation sites is 1. The van der Waals surface area contributed by atoms with Crippen LogP contribution in [0.2, 0.25) is 0 Å². The van der Waals surface area contributed by atoms with Crippen molar-refractivity contribution in [3.8, 4) is 5.75 Å². The highest BCUT2D eigenvalue weighted by Crippen LogP contribution is 2.21. The summed E-state index contributed by atoms with van der Waals surface area (Å²) in [7, 11) is 1.53. The number of non-ortho nitro benzene ring substituents is 1. The number of hydrogen-bond donors (Lipinski definition) is 2. The van der Waals surface area contributed by atoms with Gasteiger partial charge in [0.15, 0.2) is 0 Å². The van der Waals surface area contributed by atoms with Gasteiger partial charge in [0.1, 0.15) is 11.4 Å². The molecule has 1 fully saturated rings.